The topological polar surface area (TPSA) is 85.2 Å². The van der Waals surface area contributed by atoms with Gasteiger partial charge in [0.15, 0.2) is 6.10 Å². The fourth-order valence-corrected chi connectivity index (χ4v) is 2.22. The van der Waals surface area contributed by atoms with Crippen LogP contribution in [0.3, 0.4) is 0 Å². The van der Waals surface area contributed by atoms with E-state index < -0.39 is 23.7 Å². The maximum absolute atomic E-state index is 12.9. The van der Waals surface area contributed by atoms with Gasteiger partial charge in [-0.25, -0.2) is 9.07 Å². The first-order valence-corrected chi connectivity index (χ1v) is 8.15. The Morgan fingerprint density at radius 2 is 1.78 bits per heavy atom. The molecule has 7 nitrogen and oxygen atoms in total. The standard InChI is InChI=1S/C19H17FN4O3/c1-13(27-17-9-7-15(20)8-10-17)18(25)22-23-19(26)14-11-21-24(12-14)16-5-3-2-4-6-16/h2-13H,1H3,(H,22,25)(H,23,26). The predicted octanol–water partition coefficient (Wildman–Crippen LogP) is 2.24. The van der Waals surface area contributed by atoms with Crippen molar-refractivity contribution in [2.75, 3.05) is 0 Å². The molecule has 0 fully saturated rings. The molecule has 1 aromatic heterocycles. The number of benzene rings is 2. The largest absolute Gasteiger partial charge is 0.481 e. The van der Waals surface area contributed by atoms with E-state index >= 15 is 0 Å². The van der Waals surface area contributed by atoms with Crippen LogP contribution in [-0.2, 0) is 4.79 Å². The van der Waals surface area contributed by atoms with Gasteiger partial charge in [0.25, 0.3) is 11.8 Å². The normalized spacial score (nSPS) is 11.5. The van der Waals surface area contributed by atoms with Crippen LogP contribution in [0.25, 0.3) is 5.69 Å². The quantitative estimate of drug-likeness (QED) is 0.677. The van der Waals surface area contributed by atoms with Crippen LogP contribution in [0.15, 0.2) is 67.0 Å². The van der Waals surface area contributed by atoms with Gasteiger partial charge in [-0.2, -0.15) is 5.10 Å². The van der Waals surface area contributed by atoms with E-state index in [4.69, 9.17) is 4.74 Å². The van der Waals surface area contributed by atoms with E-state index in [0.29, 0.717) is 5.75 Å². The molecule has 3 rings (SSSR count). The lowest BCUT2D eigenvalue weighted by molar-refractivity contribution is -0.128. The maximum atomic E-state index is 12.9. The van der Waals surface area contributed by atoms with Crippen molar-refractivity contribution in [3.05, 3.63) is 78.4 Å². The Labute approximate surface area is 154 Å². The number of nitrogens with zero attached hydrogens (tertiary/aromatic N) is 2. The van der Waals surface area contributed by atoms with Gasteiger partial charge in [0.2, 0.25) is 0 Å². The molecule has 0 aliphatic rings. The second-order valence-electron chi connectivity index (χ2n) is 5.67. The molecule has 0 saturated carbocycles. The van der Waals surface area contributed by atoms with Crippen molar-refractivity contribution in [3.63, 3.8) is 0 Å². The second-order valence-corrected chi connectivity index (χ2v) is 5.67. The number of ether oxygens (including phenoxy) is 1. The van der Waals surface area contributed by atoms with E-state index in [0.717, 1.165) is 5.69 Å². The molecule has 0 aliphatic carbocycles. The van der Waals surface area contributed by atoms with Crippen molar-refractivity contribution in [1.29, 1.82) is 0 Å². The van der Waals surface area contributed by atoms with Gasteiger partial charge in [0.05, 0.1) is 17.4 Å². The third kappa shape index (κ3) is 4.69. The lowest BCUT2D eigenvalue weighted by Crippen LogP contribution is -2.47. The van der Waals surface area contributed by atoms with Crippen LogP contribution in [0.2, 0.25) is 0 Å². The van der Waals surface area contributed by atoms with Crippen molar-refractivity contribution >= 4 is 11.8 Å². The number of aromatic nitrogens is 2. The van der Waals surface area contributed by atoms with E-state index in [1.54, 1.807) is 10.9 Å². The summed E-state index contributed by atoms with van der Waals surface area (Å²) in [5.74, 6) is -1.13. The van der Waals surface area contributed by atoms with Gasteiger partial charge in [-0.05, 0) is 43.3 Å². The number of amides is 2. The fourth-order valence-electron chi connectivity index (χ4n) is 2.22. The summed E-state index contributed by atoms with van der Waals surface area (Å²) >= 11 is 0. The number of rotatable bonds is 5. The third-order valence-electron chi connectivity index (χ3n) is 3.66. The van der Waals surface area contributed by atoms with Crippen LogP contribution >= 0.6 is 0 Å². The molecule has 3 aromatic rings. The highest BCUT2D eigenvalue weighted by atomic mass is 19.1. The molecule has 0 radical (unpaired) electrons. The van der Waals surface area contributed by atoms with Gasteiger partial charge >= 0.3 is 0 Å². The smallest absolute Gasteiger partial charge is 0.279 e. The summed E-state index contributed by atoms with van der Waals surface area (Å²) in [6, 6.07) is 14.6. The van der Waals surface area contributed by atoms with Crippen LogP contribution in [0.4, 0.5) is 4.39 Å². The highest BCUT2D eigenvalue weighted by Gasteiger charge is 2.16. The molecule has 8 heteroatoms. The number of carbonyl (C=O) groups excluding carboxylic acids is 2. The monoisotopic (exact) mass is 368 g/mol. The van der Waals surface area contributed by atoms with Crippen molar-refractivity contribution < 1.29 is 18.7 Å². The molecular formula is C19H17FN4O3. The number of carbonyl (C=O) groups is 2. The average Bonchev–Trinajstić information content (AvgIpc) is 3.18. The van der Waals surface area contributed by atoms with Crippen LogP contribution in [0, 0.1) is 5.82 Å². The minimum Gasteiger partial charge on any atom is -0.481 e. The lowest BCUT2D eigenvalue weighted by Gasteiger charge is -2.14. The highest BCUT2D eigenvalue weighted by molar-refractivity contribution is 5.95. The van der Waals surface area contributed by atoms with E-state index in [9.17, 15) is 14.0 Å². The summed E-state index contributed by atoms with van der Waals surface area (Å²) in [7, 11) is 0. The fraction of sp³-hybridized carbons (Fsp3) is 0.105. The molecule has 2 N–H and O–H groups in total. The van der Waals surface area contributed by atoms with Crippen LogP contribution < -0.4 is 15.6 Å². The van der Waals surface area contributed by atoms with E-state index in [2.05, 4.69) is 16.0 Å². The maximum Gasteiger partial charge on any atom is 0.279 e. The first-order valence-electron chi connectivity index (χ1n) is 8.15. The molecule has 138 valence electrons. The zero-order valence-electron chi connectivity index (χ0n) is 14.4. The zero-order valence-corrected chi connectivity index (χ0v) is 14.4. The number of halogens is 1. The van der Waals surface area contributed by atoms with Crippen LogP contribution in [-0.4, -0.2) is 27.7 Å². The third-order valence-corrected chi connectivity index (χ3v) is 3.66. The average molecular weight is 368 g/mol. The summed E-state index contributed by atoms with van der Waals surface area (Å²) in [4.78, 5) is 24.2. The number of para-hydroxylation sites is 1. The van der Waals surface area contributed by atoms with E-state index in [1.807, 2.05) is 30.3 Å². The van der Waals surface area contributed by atoms with Crippen molar-refractivity contribution in [2.45, 2.75) is 13.0 Å². The second kappa shape index (κ2) is 8.13. The molecule has 1 atom stereocenters. The number of nitrogens with one attached hydrogen (secondary N) is 2. The zero-order chi connectivity index (χ0) is 19.2. The minimum absolute atomic E-state index is 0.284. The summed E-state index contributed by atoms with van der Waals surface area (Å²) in [6.45, 7) is 1.51. The Morgan fingerprint density at radius 1 is 1.07 bits per heavy atom. The SMILES string of the molecule is CC(Oc1ccc(F)cc1)C(=O)NNC(=O)c1cnn(-c2ccccc2)c1. The van der Waals surface area contributed by atoms with Crippen LogP contribution in [0.1, 0.15) is 17.3 Å². The Balaban J connectivity index is 1.53. The minimum atomic E-state index is -0.886. The summed E-state index contributed by atoms with van der Waals surface area (Å²) < 4.78 is 19.8. The molecule has 0 saturated heterocycles. The molecular weight excluding hydrogens is 351 g/mol. The van der Waals surface area contributed by atoms with Gasteiger partial charge < -0.3 is 4.74 Å². The van der Waals surface area contributed by atoms with E-state index in [1.165, 1.54) is 37.4 Å². The van der Waals surface area contributed by atoms with Crippen molar-refractivity contribution in [2.24, 2.45) is 0 Å². The molecule has 1 heterocycles. The predicted molar refractivity (Wildman–Crippen MR) is 95.7 cm³/mol. The van der Waals surface area contributed by atoms with Gasteiger partial charge in [0, 0.05) is 6.20 Å². The lowest BCUT2D eigenvalue weighted by atomic mass is 10.3. The number of hydrogen-bond donors (Lipinski definition) is 2. The highest BCUT2D eigenvalue weighted by Crippen LogP contribution is 2.13. The molecule has 0 spiro atoms. The molecule has 0 bridgehead atoms. The molecule has 2 amide bonds. The Morgan fingerprint density at radius 3 is 2.48 bits per heavy atom. The van der Waals surface area contributed by atoms with Crippen molar-refractivity contribution in [3.8, 4) is 11.4 Å². The van der Waals surface area contributed by atoms with Gasteiger partial charge in [0.1, 0.15) is 11.6 Å². The summed E-state index contributed by atoms with van der Waals surface area (Å²) in [5, 5.41) is 4.12. The molecule has 1 unspecified atom stereocenters. The van der Waals surface area contributed by atoms with E-state index in [-0.39, 0.29) is 5.56 Å². The number of hydrogen-bond acceptors (Lipinski definition) is 4. The van der Waals surface area contributed by atoms with Crippen molar-refractivity contribution in [1.82, 2.24) is 20.6 Å². The first kappa shape index (κ1) is 18.1. The molecule has 0 aliphatic heterocycles. The van der Waals surface area contributed by atoms with Gasteiger partial charge in [-0.3, -0.25) is 20.4 Å². The Hall–Kier alpha value is -3.68. The van der Waals surface area contributed by atoms with Gasteiger partial charge in [-0.1, -0.05) is 18.2 Å². The number of hydrazine groups is 1. The summed E-state index contributed by atoms with van der Waals surface area (Å²) in [5.41, 5.74) is 5.69. The Bertz CT molecular complexity index is 926. The first-order chi connectivity index (χ1) is 13.0. The summed E-state index contributed by atoms with van der Waals surface area (Å²) in [6.07, 6.45) is 2.06. The molecule has 2 aromatic carbocycles. The Kier molecular flexibility index (Phi) is 5.46. The molecule has 27 heavy (non-hydrogen) atoms. The van der Waals surface area contributed by atoms with Crippen LogP contribution in [0.5, 0.6) is 5.75 Å². The van der Waals surface area contributed by atoms with Gasteiger partial charge in [-0.15, -0.1) is 0 Å².